The highest BCUT2D eigenvalue weighted by Crippen LogP contribution is 2.31. The zero-order valence-electron chi connectivity index (χ0n) is 16.0. The molecule has 1 aromatic heterocycles. The molecule has 1 amide bonds. The number of aliphatic hydroxyl groups excluding tert-OH is 1. The van der Waals surface area contributed by atoms with E-state index in [1.807, 2.05) is 0 Å². The Bertz CT molecular complexity index is 1140. The molecule has 2 aromatic carbocycles. The average Bonchev–Trinajstić information content (AvgIpc) is 2.72. The first-order valence-corrected chi connectivity index (χ1v) is 9.38. The number of hydrogen-bond acceptors (Lipinski definition) is 4. The van der Waals surface area contributed by atoms with E-state index in [9.17, 15) is 14.3 Å². The molecule has 0 spiro atoms. The van der Waals surface area contributed by atoms with Crippen molar-refractivity contribution in [2.75, 3.05) is 6.61 Å². The molecule has 3 aromatic rings. The molecule has 3 rings (SSSR count). The molecule has 5 nitrogen and oxygen atoms in total. The van der Waals surface area contributed by atoms with Crippen molar-refractivity contribution in [2.45, 2.75) is 13.0 Å². The van der Waals surface area contributed by atoms with E-state index in [0.29, 0.717) is 21.8 Å². The van der Waals surface area contributed by atoms with Gasteiger partial charge in [0.15, 0.2) is 0 Å². The zero-order valence-corrected chi connectivity index (χ0v) is 16.7. The van der Waals surface area contributed by atoms with Crippen LogP contribution in [0.1, 0.15) is 38.9 Å². The van der Waals surface area contributed by atoms with Crippen LogP contribution >= 0.6 is 11.6 Å². The lowest BCUT2D eigenvalue weighted by Crippen LogP contribution is -2.30. The second-order valence-electron chi connectivity index (χ2n) is 6.50. The van der Waals surface area contributed by atoms with Crippen molar-refractivity contribution in [1.29, 1.82) is 0 Å². The zero-order chi connectivity index (χ0) is 21.7. The van der Waals surface area contributed by atoms with Gasteiger partial charge in [0.1, 0.15) is 23.9 Å². The number of aryl methyl sites for hydroxylation is 1. The van der Waals surface area contributed by atoms with Crippen LogP contribution in [-0.4, -0.2) is 27.7 Å². The van der Waals surface area contributed by atoms with E-state index in [0.717, 1.165) is 12.1 Å². The van der Waals surface area contributed by atoms with Gasteiger partial charge in [0.05, 0.1) is 6.04 Å². The molecule has 0 fully saturated rings. The molecule has 1 atom stereocenters. The molecule has 0 saturated heterocycles. The number of nitrogens with zero attached hydrogens (tertiary/aromatic N) is 1. The fraction of sp³-hybridized carbons (Fsp3) is 0.130. The van der Waals surface area contributed by atoms with Crippen LogP contribution in [0, 0.1) is 24.6 Å². The Kier molecular flexibility index (Phi) is 6.68. The van der Waals surface area contributed by atoms with Gasteiger partial charge in [-0.1, -0.05) is 35.6 Å². The van der Waals surface area contributed by atoms with E-state index in [2.05, 4.69) is 22.1 Å². The molecule has 0 aliphatic heterocycles. The molecule has 0 radical (unpaired) electrons. The van der Waals surface area contributed by atoms with Crippen LogP contribution < -0.4 is 5.32 Å². The lowest BCUT2D eigenvalue weighted by Gasteiger charge is -2.21. The van der Waals surface area contributed by atoms with Crippen molar-refractivity contribution < 1.29 is 19.4 Å². The Morgan fingerprint density at radius 2 is 1.93 bits per heavy atom. The van der Waals surface area contributed by atoms with E-state index < -0.39 is 17.8 Å². The summed E-state index contributed by atoms with van der Waals surface area (Å²) in [6.45, 7) is 1.41. The largest absolute Gasteiger partial charge is 0.508 e. The SMILES string of the molecule is Cc1cc(C#CCO)cc(C(=O)NC(c2ccc(Cl)cc2)c2cc(F)ccc2O)n1. The molecular formula is C23H18ClFN2O3. The Hall–Kier alpha value is -3.40. The predicted molar refractivity (Wildman–Crippen MR) is 112 cm³/mol. The van der Waals surface area contributed by atoms with Gasteiger partial charge in [-0.2, -0.15) is 0 Å². The first kappa shape index (κ1) is 21.3. The standard InChI is InChI=1S/C23H18ClFN2O3/c1-14-11-15(3-2-10-28)12-20(26-14)23(30)27-22(16-4-6-17(24)7-5-16)19-13-18(25)8-9-21(19)29/h4-9,11-13,22,28-29H,10H2,1H3,(H,27,30). The van der Waals surface area contributed by atoms with Gasteiger partial charge < -0.3 is 15.5 Å². The molecule has 0 aliphatic rings. The summed E-state index contributed by atoms with van der Waals surface area (Å²) in [5.74, 6) is 4.03. The van der Waals surface area contributed by atoms with E-state index in [-0.39, 0.29) is 23.6 Å². The number of nitrogens with one attached hydrogen (secondary N) is 1. The normalized spacial score (nSPS) is 11.3. The average molecular weight is 425 g/mol. The minimum Gasteiger partial charge on any atom is -0.508 e. The quantitative estimate of drug-likeness (QED) is 0.557. The third kappa shape index (κ3) is 5.15. The first-order chi connectivity index (χ1) is 14.4. The minimum absolute atomic E-state index is 0.104. The molecule has 1 heterocycles. The van der Waals surface area contributed by atoms with Crippen LogP contribution in [0.2, 0.25) is 5.02 Å². The van der Waals surface area contributed by atoms with Gasteiger partial charge in [-0.25, -0.2) is 9.37 Å². The summed E-state index contributed by atoms with van der Waals surface area (Å²) >= 11 is 5.96. The Balaban J connectivity index is 2.01. The summed E-state index contributed by atoms with van der Waals surface area (Å²) in [5, 5.41) is 22.5. The molecule has 0 bridgehead atoms. The third-order valence-corrected chi connectivity index (χ3v) is 4.53. The van der Waals surface area contributed by atoms with Crippen molar-refractivity contribution in [3.8, 4) is 17.6 Å². The summed E-state index contributed by atoms with van der Waals surface area (Å²) < 4.78 is 13.9. The van der Waals surface area contributed by atoms with E-state index in [1.54, 1.807) is 37.3 Å². The summed E-state index contributed by atoms with van der Waals surface area (Å²) in [7, 11) is 0. The molecule has 7 heteroatoms. The fourth-order valence-electron chi connectivity index (χ4n) is 2.96. The van der Waals surface area contributed by atoms with Crippen LogP contribution in [-0.2, 0) is 0 Å². The van der Waals surface area contributed by atoms with Crippen LogP contribution in [0.3, 0.4) is 0 Å². The minimum atomic E-state index is -0.847. The summed E-state index contributed by atoms with van der Waals surface area (Å²) in [6, 6.07) is 12.5. The summed E-state index contributed by atoms with van der Waals surface area (Å²) in [6.07, 6.45) is 0. The van der Waals surface area contributed by atoms with Crippen molar-refractivity contribution in [1.82, 2.24) is 10.3 Å². The number of carbonyl (C=O) groups excluding carboxylic acids is 1. The molecular weight excluding hydrogens is 407 g/mol. The Morgan fingerprint density at radius 1 is 1.20 bits per heavy atom. The number of phenolic OH excluding ortho intramolecular Hbond substituents is 1. The number of aromatic nitrogens is 1. The van der Waals surface area contributed by atoms with E-state index in [4.69, 9.17) is 16.7 Å². The highest BCUT2D eigenvalue weighted by Gasteiger charge is 2.22. The van der Waals surface area contributed by atoms with Crippen molar-refractivity contribution >= 4 is 17.5 Å². The number of aliphatic hydroxyl groups is 1. The van der Waals surface area contributed by atoms with Crippen molar-refractivity contribution in [3.63, 3.8) is 0 Å². The fourth-order valence-corrected chi connectivity index (χ4v) is 3.08. The highest BCUT2D eigenvalue weighted by atomic mass is 35.5. The second kappa shape index (κ2) is 9.40. The van der Waals surface area contributed by atoms with Crippen LogP contribution in [0.25, 0.3) is 0 Å². The molecule has 0 saturated carbocycles. The maximum atomic E-state index is 13.9. The number of phenols is 1. The van der Waals surface area contributed by atoms with E-state index >= 15 is 0 Å². The molecule has 1 unspecified atom stereocenters. The van der Waals surface area contributed by atoms with Crippen LogP contribution in [0.4, 0.5) is 4.39 Å². The Labute approximate surface area is 178 Å². The van der Waals surface area contributed by atoms with Gasteiger partial charge in [-0.05, 0) is 55.0 Å². The van der Waals surface area contributed by atoms with Crippen LogP contribution in [0.5, 0.6) is 5.75 Å². The number of halogens is 2. The smallest absolute Gasteiger partial charge is 0.270 e. The highest BCUT2D eigenvalue weighted by molar-refractivity contribution is 6.30. The summed E-state index contributed by atoms with van der Waals surface area (Å²) in [5.41, 5.74) is 1.99. The number of amides is 1. The van der Waals surface area contributed by atoms with Gasteiger partial charge in [0.2, 0.25) is 0 Å². The van der Waals surface area contributed by atoms with Gasteiger partial charge in [0.25, 0.3) is 5.91 Å². The lowest BCUT2D eigenvalue weighted by molar-refractivity contribution is 0.0937. The van der Waals surface area contributed by atoms with Gasteiger partial charge >= 0.3 is 0 Å². The van der Waals surface area contributed by atoms with Gasteiger partial charge in [-0.3, -0.25) is 4.79 Å². The molecule has 30 heavy (non-hydrogen) atoms. The topological polar surface area (TPSA) is 82.5 Å². The number of benzene rings is 2. The lowest BCUT2D eigenvalue weighted by atomic mass is 9.97. The number of pyridine rings is 1. The maximum Gasteiger partial charge on any atom is 0.270 e. The Morgan fingerprint density at radius 3 is 2.63 bits per heavy atom. The molecule has 3 N–H and O–H groups in total. The summed E-state index contributed by atoms with van der Waals surface area (Å²) in [4.78, 5) is 17.2. The van der Waals surface area contributed by atoms with Gasteiger partial charge in [0, 0.05) is 21.8 Å². The number of aromatic hydroxyl groups is 1. The first-order valence-electron chi connectivity index (χ1n) is 9.00. The van der Waals surface area contributed by atoms with Crippen molar-refractivity contribution in [3.05, 3.63) is 93.5 Å². The number of hydrogen-bond donors (Lipinski definition) is 3. The molecule has 0 aliphatic carbocycles. The third-order valence-electron chi connectivity index (χ3n) is 4.28. The molecule has 152 valence electrons. The van der Waals surface area contributed by atoms with Crippen molar-refractivity contribution in [2.24, 2.45) is 0 Å². The number of carbonyl (C=O) groups is 1. The number of rotatable bonds is 4. The van der Waals surface area contributed by atoms with E-state index in [1.165, 1.54) is 12.1 Å². The predicted octanol–water partition coefficient (Wildman–Crippen LogP) is 3.75. The monoisotopic (exact) mass is 424 g/mol. The van der Waals surface area contributed by atoms with Crippen LogP contribution in [0.15, 0.2) is 54.6 Å². The maximum absolute atomic E-state index is 13.9. The second-order valence-corrected chi connectivity index (χ2v) is 6.94. The van der Waals surface area contributed by atoms with Gasteiger partial charge in [-0.15, -0.1) is 0 Å².